The van der Waals surface area contributed by atoms with E-state index in [1.54, 1.807) is 0 Å². The van der Waals surface area contributed by atoms with E-state index in [1.807, 2.05) is 0 Å². The molecule has 0 aliphatic carbocycles. The van der Waals surface area contributed by atoms with Crippen molar-refractivity contribution in [2.45, 2.75) is 25.1 Å². The fraction of sp³-hybridized carbons (Fsp3) is 0.400. The predicted octanol–water partition coefficient (Wildman–Crippen LogP) is 2.87. The van der Waals surface area contributed by atoms with Gasteiger partial charge in [-0.1, -0.05) is 12.1 Å². The van der Waals surface area contributed by atoms with Crippen molar-refractivity contribution < 1.29 is 27.1 Å². The van der Waals surface area contributed by atoms with Gasteiger partial charge >= 0.3 is 6.18 Å². The Kier molecular flexibility index (Phi) is 3.85. The summed E-state index contributed by atoms with van der Waals surface area (Å²) in [6.07, 6.45) is -9.56. The van der Waals surface area contributed by atoms with Crippen LogP contribution in [0.25, 0.3) is 0 Å². The third kappa shape index (κ3) is 3.44. The average Bonchev–Trinajstić information content (AvgIpc) is 2.17. The van der Waals surface area contributed by atoms with Crippen LogP contribution in [0.4, 0.5) is 22.0 Å². The first-order chi connectivity index (χ1) is 7.30. The first-order valence-electron chi connectivity index (χ1n) is 4.43. The molecule has 0 heterocycles. The molecule has 0 saturated heterocycles. The minimum absolute atomic E-state index is 0.237. The van der Waals surface area contributed by atoms with Gasteiger partial charge in [0.05, 0.1) is 5.56 Å². The molecule has 1 rings (SSSR count). The summed E-state index contributed by atoms with van der Waals surface area (Å²) in [6.45, 7) is 0. The van der Waals surface area contributed by atoms with Crippen LogP contribution < -0.4 is 0 Å². The zero-order chi connectivity index (χ0) is 12.3. The molecular weight excluding hydrogens is 231 g/mol. The van der Waals surface area contributed by atoms with Gasteiger partial charge in [-0.15, -0.1) is 0 Å². The quantitative estimate of drug-likeness (QED) is 0.805. The summed E-state index contributed by atoms with van der Waals surface area (Å²) in [4.78, 5) is 0. The third-order valence-corrected chi connectivity index (χ3v) is 2.02. The van der Waals surface area contributed by atoms with Crippen LogP contribution in [0.5, 0.6) is 0 Å². The van der Waals surface area contributed by atoms with E-state index in [1.165, 1.54) is 0 Å². The topological polar surface area (TPSA) is 20.2 Å². The Labute approximate surface area is 88.5 Å². The minimum Gasteiger partial charge on any atom is -0.387 e. The van der Waals surface area contributed by atoms with Crippen LogP contribution in [0.2, 0.25) is 0 Å². The number of halogens is 5. The van der Waals surface area contributed by atoms with Gasteiger partial charge in [-0.3, -0.25) is 0 Å². The zero-order valence-electron chi connectivity index (χ0n) is 8.01. The molecule has 0 aromatic heterocycles. The predicted molar refractivity (Wildman–Crippen MR) is 47.2 cm³/mol. The van der Waals surface area contributed by atoms with Crippen LogP contribution in [0.15, 0.2) is 24.3 Å². The highest BCUT2D eigenvalue weighted by Crippen LogP contribution is 2.29. The molecule has 0 aliphatic heterocycles. The smallest absolute Gasteiger partial charge is 0.387 e. The lowest BCUT2D eigenvalue weighted by Crippen LogP contribution is -2.20. The molecule has 1 nitrogen and oxygen atoms in total. The molecule has 0 aliphatic rings. The van der Waals surface area contributed by atoms with Crippen LogP contribution in [0, 0.1) is 0 Å². The van der Waals surface area contributed by atoms with Gasteiger partial charge in [0.1, 0.15) is 6.10 Å². The van der Waals surface area contributed by atoms with Crippen molar-refractivity contribution in [2.24, 2.45) is 0 Å². The molecule has 0 spiro atoms. The monoisotopic (exact) mass is 240 g/mol. The molecule has 0 saturated carbocycles. The first kappa shape index (κ1) is 12.9. The maximum atomic E-state index is 12.1. The number of aliphatic hydroxyl groups is 1. The van der Waals surface area contributed by atoms with Gasteiger partial charge in [0.2, 0.25) is 0 Å². The Hall–Kier alpha value is -1.17. The van der Waals surface area contributed by atoms with E-state index in [4.69, 9.17) is 5.11 Å². The molecule has 1 aromatic carbocycles. The molecule has 6 heteroatoms. The third-order valence-electron chi connectivity index (χ3n) is 2.02. The van der Waals surface area contributed by atoms with Gasteiger partial charge in [0.25, 0.3) is 6.43 Å². The summed E-state index contributed by atoms with van der Waals surface area (Å²) in [6, 6.07) is 3.75. The van der Waals surface area contributed by atoms with Gasteiger partial charge in [-0.05, 0) is 17.7 Å². The summed E-state index contributed by atoms with van der Waals surface area (Å²) in [5.74, 6) is 0. The highest BCUT2D eigenvalue weighted by Gasteiger charge is 2.30. The van der Waals surface area contributed by atoms with E-state index in [0.29, 0.717) is 0 Å². The molecule has 90 valence electrons. The van der Waals surface area contributed by atoms with E-state index < -0.39 is 24.3 Å². The Balaban J connectivity index is 2.72. The molecule has 16 heavy (non-hydrogen) atoms. The summed E-state index contributed by atoms with van der Waals surface area (Å²) in [5, 5.41) is 8.84. The van der Waals surface area contributed by atoms with Crippen LogP contribution in [0.1, 0.15) is 11.1 Å². The van der Waals surface area contributed by atoms with E-state index in [0.717, 1.165) is 24.3 Å². The van der Waals surface area contributed by atoms with E-state index in [9.17, 15) is 22.0 Å². The highest BCUT2D eigenvalue weighted by atomic mass is 19.4. The van der Waals surface area contributed by atoms with Crippen LogP contribution in [-0.2, 0) is 12.6 Å². The Morgan fingerprint density at radius 1 is 1.06 bits per heavy atom. The maximum Gasteiger partial charge on any atom is 0.416 e. The second kappa shape index (κ2) is 4.78. The average molecular weight is 240 g/mol. The SMILES string of the molecule is OC(Cc1ccc(C(F)(F)F)cc1)C(F)F. The van der Waals surface area contributed by atoms with Crippen LogP contribution in [0.3, 0.4) is 0 Å². The fourth-order valence-electron chi connectivity index (χ4n) is 1.16. The Morgan fingerprint density at radius 2 is 1.56 bits per heavy atom. The number of rotatable bonds is 3. The lowest BCUT2D eigenvalue weighted by atomic mass is 10.1. The van der Waals surface area contributed by atoms with Crippen molar-refractivity contribution in [3.63, 3.8) is 0 Å². The van der Waals surface area contributed by atoms with Gasteiger partial charge in [-0.2, -0.15) is 13.2 Å². The van der Waals surface area contributed by atoms with Crippen molar-refractivity contribution in [1.29, 1.82) is 0 Å². The van der Waals surface area contributed by atoms with Crippen LogP contribution >= 0.6 is 0 Å². The number of aliphatic hydroxyl groups excluding tert-OH is 1. The lowest BCUT2D eigenvalue weighted by molar-refractivity contribution is -0.137. The lowest BCUT2D eigenvalue weighted by Gasteiger charge is -2.10. The normalized spacial score (nSPS) is 14.2. The molecule has 1 aromatic rings. The van der Waals surface area contributed by atoms with Gasteiger partial charge in [0, 0.05) is 6.42 Å². The van der Waals surface area contributed by atoms with E-state index in [2.05, 4.69) is 0 Å². The maximum absolute atomic E-state index is 12.1. The number of hydrogen-bond acceptors (Lipinski definition) is 1. The number of alkyl halides is 5. The molecule has 0 radical (unpaired) electrons. The molecule has 1 unspecified atom stereocenters. The van der Waals surface area contributed by atoms with Gasteiger partial charge < -0.3 is 5.11 Å². The van der Waals surface area contributed by atoms with Gasteiger partial charge in [0.15, 0.2) is 0 Å². The van der Waals surface area contributed by atoms with Crippen LogP contribution in [-0.4, -0.2) is 17.6 Å². The highest BCUT2D eigenvalue weighted by molar-refractivity contribution is 5.25. The molecule has 0 fully saturated rings. The second-order valence-electron chi connectivity index (χ2n) is 3.30. The van der Waals surface area contributed by atoms with E-state index in [-0.39, 0.29) is 12.0 Å². The Bertz CT molecular complexity index is 330. The van der Waals surface area contributed by atoms with Crippen molar-refractivity contribution >= 4 is 0 Å². The number of benzene rings is 1. The molecular formula is C10H9F5O. The molecule has 0 bridgehead atoms. The minimum atomic E-state index is -4.44. The summed E-state index contributed by atoms with van der Waals surface area (Å²) in [7, 11) is 0. The van der Waals surface area contributed by atoms with E-state index >= 15 is 0 Å². The van der Waals surface area contributed by atoms with Gasteiger partial charge in [-0.25, -0.2) is 8.78 Å². The zero-order valence-corrected chi connectivity index (χ0v) is 8.01. The van der Waals surface area contributed by atoms with Crippen molar-refractivity contribution in [3.8, 4) is 0 Å². The van der Waals surface area contributed by atoms with Crippen molar-refractivity contribution in [1.82, 2.24) is 0 Å². The Morgan fingerprint density at radius 3 is 1.94 bits per heavy atom. The largest absolute Gasteiger partial charge is 0.416 e. The number of hydrogen-bond donors (Lipinski definition) is 1. The molecule has 0 amide bonds. The molecule has 1 N–H and O–H groups in total. The standard InChI is InChI=1S/C10H9F5O/c11-9(12)8(16)5-6-1-3-7(4-2-6)10(13,14)15/h1-4,8-9,16H,5H2. The summed E-state index contributed by atoms with van der Waals surface area (Å²) >= 11 is 0. The van der Waals surface area contributed by atoms with Crippen molar-refractivity contribution in [2.75, 3.05) is 0 Å². The summed E-state index contributed by atoms with van der Waals surface area (Å²) in [5.41, 5.74) is -0.608. The second-order valence-corrected chi connectivity index (χ2v) is 3.30. The van der Waals surface area contributed by atoms with Crippen molar-refractivity contribution in [3.05, 3.63) is 35.4 Å². The summed E-state index contributed by atoms with van der Waals surface area (Å²) < 4.78 is 60.3. The fourth-order valence-corrected chi connectivity index (χ4v) is 1.16. The molecule has 1 atom stereocenters. The first-order valence-corrected chi connectivity index (χ1v) is 4.43.